The average Bonchev–Trinajstić information content (AvgIpc) is 2.58. The Morgan fingerprint density at radius 3 is 2.65 bits per heavy atom. The Balaban J connectivity index is 2.43. The third-order valence-corrected chi connectivity index (χ3v) is 2.72. The van der Waals surface area contributed by atoms with Gasteiger partial charge >= 0.3 is 0 Å². The molecule has 4 heteroatoms. The lowest BCUT2D eigenvalue weighted by Gasteiger charge is -2.05. The highest BCUT2D eigenvalue weighted by atomic mass is 19.1. The van der Waals surface area contributed by atoms with Gasteiger partial charge in [-0.3, -0.25) is 4.68 Å². The van der Waals surface area contributed by atoms with Crippen LogP contribution in [0.5, 0.6) is 0 Å². The van der Waals surface area contributed by atoms with Crippen molar-refractivity contribution in [3.63, 3.8) is 0 Å². The molecule has 0 unspecified atom stereocenters. The van der Waals surface area contributed by atoms with E-state index in [0.717, 1.165) is 16.8 Å². The van der Waals surface area contributed by atoms with Crippen molar-refractivity contribution in [3.05, 3.63) is 41.5 Å². The van der Waals surface area contributed by atoms with Crippen molar-refractivity contribution in [3.8, 4) is 11.1 Å². The highest BCUT2D eigenvalue weighted by Crippen LogP contribution is 2.25. The first kappa shape index (κ1) is 11.8. The molecular formula is C13H16FN3. The Morgan fingerprint density at radius 1 is 1.35 bits per heavy atom. The molecule has 0 aliphatic rings. The minimum absolute atomic E-state index is 0.200. The van der Waals surface area contributed by atoms with E-state index in [1.165, 1.54) is 0 Å². The summed E-state index contributed by atoms with van der Waals surface area (Å²) in [6.07, 6.45) is 1.84. The number of aryl methyl sites for hydroxylation is 2. The number of nitrogens with one attached hydrogen (secondary N) is 1. The second kappa shape index (κ2) is 4.67. The molecule has 0 atom stereocenters. The van der Waals surface area contributed by atoms with Crippen LogP contribution in [0, 0.1) is 12.7 Å². The van der Waals surface area contributed by atoms with E-state index in [-0.39, 0.29) is 5.82 Å². The minimum Gasteiger partial charge on any atom is -0.316 e. The molecule has 1 aromatic heterocycles. The first-order valence-electron chi connectivity index (χ1n) is 5.55. The van der Waals surface area contributed by atoms with Crippen molar-refractivity contribution in [1.29, 1.82) is 0 Å². The van der Waals surface area contributed by atoms with Gasteiger partial charge in [-0.2, -0.15) is 5.10 Å². The number of aromatic nitrogens is 2. The van der Waals surface area contributed by atoms with E-state index in [1.807, 2.05) is 39.3 Å². The summed E-state index contributed by atoms with van der Waals surface area (Å²) in [7, 11) is 3.68. The Hall–Kier alpha value is -1.68. The van der Waals surface area contributed by atoms with E-state index in [9.17, 15) is 4.39 Å². The van der Waals surface area contributed by atoms with E-state index >= 15 is 0 Å². The van der Waals surface area contributed by atoms with Crippen LogP contribution in [-0.2, 0) is 13.6 Å². The van der Waals surface area contributed by atoms with Gasteiger partial charge in [-0.1, -0.05) is 12.1 Å². The lowest BCUT2D eigenvalue weighted by atomic mass is 10.0. The maximum atomic E-state index is 14.0. The molecule has 0 fully saturated rings. The van der Waals surface area contributed by atoms with Crippen LogP contribution < -0.4 is 5.32 Å². The number of halogens is 1. The van der Waals surface area contributed by atoms with Gasteiger partial charge in [0.15, 0.2) is 0 Å². The van der Waals surface area contributed by atoms with Crippen LogP contribution >= 0.6 is 0 Å². The zero-order valence-electron chi connectivity index (χ0n) is 10.3. The van der Waals surface area contributed by atoms with Crippen LogP contribution in [-0.4, -0.2) is 16.8 Å². The van der Waals surface area contributed by atoms with Crippen molar-refractivity contribution in [1.82, 2.24) is 15.1 Å². The lowest BCUT2D eigenvalue weighted by Crippen LogP contribution is -2.05. The fourth-order valence-corrected chi connectivity index (χ4v) is 1.96. The zero-order valence-corrected chi connectivity index (χ0v) is 10.3. The van der Waals surface area contributed by atoms with E-state index in [4.69, 9.17) is 0 Å². The van der Waals surface area contributed by atoms with Crippen molar-refractivity contribution in [2.45, 2.75) is 13.5 Å². The monoisotopic (exact) mass is 233 g/mol. The molecule has 17 heavy (non-hydrogen) atoms. The minimum atomic E-state index is -0.200. The summed E-state index contributed by atoms with van der Waals surface area (Å²) < 4.78 is 15.7. The van der Waals surface area contributed by atoms with Gasteiger partial charge in [0.1, 0.15) is 5.82 Å². The number of hydrogen-bond donors (Lipinski definition) is 1. The van der Waals surface area contributed by atoms with E-state index in [2.05, 4.69) is 10.4 Å². The van der Waals surface area contributed by atoms with Crippen LogP contribution in [0.4, 0.5) is 4.39 Å². The number of rotatable bonds is 3. The van der Waals surface area contributed by atoms with Gasteiger partial charge in [0.2, 0.25) is 0 Å². The fourth-order valence-electron chi connectivity index (χ4n) is 1.96. The number of benzene rings is 1. The molecule has 0 aliphatic heterocycles. The summed E-state index contributed by atoms with van der Waals surface area (Å²) in [6.45, 7) is 2.56. The smallest absolute Gasteiger partial charge is 0.131 e. The quantitative estimate of drug-likeness (QED) is 0.881. The highest BCUT2D eigenvalue weighted by Gasteiger charge is 2.11. The summed E-state index contributed by atoms with van der Waals surface area (Å²) in [5.74, 6) is -0.200. The SMILES string of the molecule is CNCc1ccc(-c2cn(C)nc2C)c(F)c1. The van der Waals surface area contributed by atoms with E-state index in [0.29, 0.717) is 12.1 Å². The molecule has 0 amide bonds. The summed E-state index contributed by atoms with van der Waals surface area (Å²) in [5, 5.41) is 7.23. The second-order valence-corrected chi connectivity index (χ2v) is 4.15. The molecule has 0 radical (unpaired) electrons. The zero-order chi connectivity index (χ0) is 12.4. The van der Waals surface area contributed by atoms with Gasteiger partial charge in [-0.05, 0) is 25.6 Å². The van der Waals surface area contributed by atoms with Crippen molar-refractivity contribution in [2.75, 3.05) is 7.05 Å². The van der Waals surface area contributed by atoms with Crippen LogP contribution in [0.15, 0.2) is 24.4 Å². The van der Waals surface area contributed by atoms with Gasteiger partial charge in [0.25, 0.3) is 0 Å². The van der Waals surface area contributed by atoms with Crippen molar-refractivity contribution < 1.29 is 4.39 Å². The van der Waals surface area contributed by atoms with Crippen LogP contribution in [0.25, 0.3) is 11.1 Å². The molecule has 1 aromatic carbocycles. The first-order valence-corrected chi connectivity index (χ1v) is 5.55. The van der Waals surface area contributed by atoms with Crippen LogP contribution in [0.2, 0.25) is 0 Å². The van der Waals surface area contributed by atoms with Gasteiger partial charge < -0.3 is 5.32 Å². The highest BCUT2D eigenvalue weighted by molar-refractivity contribution is 5.66. The molecule has 0 aliphatic carbocycles. The molecule has 90 valence electrons. The average molecular weight is 233 g/mol. The molecule has 3 nitrogen and oxygen atoms in total. The lowest BCUT2D eigenvalue weighted by molar-refractivity contribution is 0.627. The van der Waals surface area contributed by atoms with E-state index < -0.39 is 0 Å². The Morgan fingerprint density at radius 2 is 2.12 bits per heavy atom. The fraction of sp³-hybridized carbons (Fsp3) is 0.308. The van der Waals surface area contributed by atoms with Crippen molar-refractivity contribution >= 4 is 0 Å². The van der Waals surface area contributed by atoms with Crippen LogP contribution in [0.3, 0.4) is 0 Å². The molecule has 2 rings (SSSR count). The summed E-state index contributed by atoms with van der Waals surface area (Å²) >= 11 is 0. The van der Waals surface area contributed by atoms with Gasteiger partial charge in [-0.15, -0.1) is 0 Å². The predicted molar refractivity (Wildman–Crippen MR) is 66.1 cm³/mol. The maximum Gasteiger partial charge on any atom is 0.131 e. The molecule has 2 aromatic rings. The van der Waals surface area contributed by atoms with Gasteiger partial charge in [0, 0.05) is 30.9 Å². The van der Waals surface area contributed by atoms with Crippen molar-refractivity contribution in [2.24, 2.45) is 7.05 Å². The predicted octanol–water partition coefficient (Wildman–Crippen LogP) is 2.25. The van der Waals surface area contributed by atoms with E-state index in [1.54, 1.807) is 10.7 Å². The standard InChI is InChI=1S/C13H16FN3/c1-9-12(8-17(3)16-9)11-5-4-10(7-15-2)6-13(11)14/h4-6,8,15H,7H2,1-3H3. The third-order valence-electron chi connectivity index (χ3n) is 2.72. The third kappa shape index (κ3) is 2.36. The number of nitrogens with zero attached hydrogens (tertiary/aromatic N) is 2. The molecule has 0 spiro atoms. The number of hydrogen-bond acceptors (Lipinski definition) is 2. The molecular weight excluding hydrogens is 217 g/mol. The Labute approximate surface area is 100 Å². The molecule has 0 bridgehead atoms. The summed E-state index contributed by atoms with van der Waals surface area (Å²) in [5.41, 5.74) is 3.24. The Kier molecular flexibility index (Phi) is 3.24. The summed E-state index contributed by atoms with van der Waals surface area (Å²) in [4.78, 5) is 0. The maximum absolute atomic E-state index is 14.0. The molecule has 0 saturated heterocycles. The second-order valence-electron chi connectivity index (χ2n) is 4.15. The molecule has 1 heterocycles. The summed E-state index contributed by atoms with van der Waals surface area (Å²) in [6, 6.07) is 5.31. The largest absolute Gasteiger partial charge is 0.316 e. The van der Waals surface area contributed by atoms with Crippen LogP contribution in [0.1, 0.15) is 11.3 Å². The Bertz CT molecular complexity index is 531. The van der Waals surface area contributed by atoms with Gasteiger partial charge in [-0.25, -0.2) is 4.39 Å². The topological polar surface area (TPSA) is 29.9 Å². The first-order chi connectivity index (χ1) is 8.11. The van der Waals surface area contributed by atoms with Gasteiger partial charge in [0.05, 0.1) is 5.69 Å². The molecule has 0 saturated carbocycles. The normalized spacial score (nSPS) is 10.8. The molecule has 1 N–H and O–H groups in total.